The smallest absolute Gasteiger partial charge is 0.0593 e. The Balaban J connectivity index is 2.17. The van der Waals surface area contributed by atoms with Gasteiger partial charge in [0.15, 0.2) is 0 Å². The number of likely N-dealkylation sites (N-methyl/N-ethyl adjacent to an activating group) is 1. The summed E-state index contributed by atoms with van der Waals surface area (Å²) in [6.07, 6.45) is 1.14. The quantitative estimate of drug-likeness (QED) is 0.697. The molecule has 0 aliphatic rings. The van der Waals surface area contributed by atoms with Crippen LogP contribution in [0.3, 0.4) is 0 Å². The van der Waals surface area contributed by atoms with Crippen molar-refractivity contribution in [3.63, 3.8) is 0 Å². The normalized spacial score (nSPS) is 11.5. The van der Waals surface area contributed by atoms with Crippen molar-refractivity contribution in [2.24, 2.45) is 11.7 Å². The third-order valence-corrected chi connectivity index (χ3v) is 3.17. The van der Waals surface area contributed by atoms with E-state index >= 15 is 0 Å². The molecule has 0 aliphatic carbocycles. The van der Waals surface area contributed by atoms with Gasteiger partial charge in [-0.1, -0.05) is 38.1 Å². The molecule has 0 bridgehead atoms. The van der Waals surface area contributed by atoms with Gasteiger partial charge in [-0.15, -0.1) is 0 Å². The fourth-order valence-electron chi connectivity index (χ4n) is 1.81. The molecule has 0 radical (unpaired) electrons. The van der Waals surface area contributed by atoms with Crippen LogP contribution in [0.5, 0.6) is 0 Å². The maximum atomic E-state index is 5.63. The highest BCUT2D eigenvalue weighted by Gasteiger charge is 2.01. The van der Waals surface area contributed by atoms with Crippen LogP contribution >= 0.6 is 0 Å². The minimum atomic E-state index is 0.611. The van der Waals surface area contributed by atoms with Gasteiger partial charge in [0, 0.05) is 26.2 Å². The first kappa shape index (κ1) is 16.2. The minimum Gasteiger partial charge on any atom is -0.380 e. The highest BCUT2D eigenvalue weighted by atomic mass is 16.5. The van der Waals surface area contributed by atoms with Crippen LogP contribution in [0, 0.1) is 5.92 Å². The Hall–Kier alpha value is -0.900. The molecule has 1 rings (SSSR count). The van der Waals surface area contributed by atoms with E-state index in [4.69, 9.17) is 10.5 Å². The Morgan fingerprint density at radius 3 is 2.32 bits per heavy atom. The summed E-state index contributed by atoms with van der Waals surface area (Å²) in [7, 11) is 2.13. The van der Waals surface area contributed by atoms with E-state index in [0.29, 0.717) is 6.54 Å². The fourth-order valence-corrected chi connectivity index (χ4v) is 1.81. The first-order chi connectivity index (χ1) is 9.11. The topological polar surface area (TPSA) is 38.5 Å². The summed E-state index contributed by atoms with van der Waals surface area (Å²) in [5.41, 5.74) is 8.09. The van der Waals surface area contributed by atoms with Gasteiger partial charge in [-0.2, -0.15) is 0 Å². The van der Waals surface area contributed by atoms with Crippen molar-refractivity contribution in [2.45, 2.75) is 33.4 Å². The van der Waals surface area contributed by atoms with E-state index in [0.717, 1.165) is 38.6 Å². The predicted molar refractivity (Wildman–Crippen MR) is 80.9 cm³/mol. The van der Waals surface area contributed by atoms with Crippen LogP contribution in [0.2, 0.25) is 0 Å². The molecule has 3 heteroatoms. The Morgan fingerprint density at radius 1 is 1.11 bits per heavy atom. The maximum Gasteiger partial charge on any atom is 0.0593 e. The molecule has 3 nitrogen and oxygen atoms in total. The highest BCUT2D eigenvalue weighted by molar-refractivity contribution is 5.22. The van der Waals surface area contributed by atoms with Crippen LogP contribution in [0.4, 0.5) is 0 Å². The second-order valence-corrected chi connectivity index (χ2v) is 5.55. The maximum absolute atomic E-state index is 5.63. The first-order valence-electron chi connectivity index (χ1n) is 7.16. The molecule has 0 spiro atoms. The van der Waals surface area contributed by atoms with Crippen molar-refractivity contribution in [3.05, 3.63) is 35.4 Å². The number of benzene rings is 1. The van der Waals surface area contributed by atoms with E-state index in [1.54, 1.807) is 0 Å². The lowest BCUT2D eigenvalue weighted by molar-refractivity contribution is 0.101. The first-order valence-corrected chi connectivity index (χ1v) is 7.16. The largest absolute Gasteiger partial charge is 0.380 e. The van der Waals surface area contributed by atoms with Crippen molar-refractivity contribution in [3.8, 4) is 0 Å². The van der Waals surface area contributed by atoms with Crippen LogP contribution in [0.1, 0.15) is 31.4 Å². The Bertz CT molecular complexity index is 335. The number of rotatable bonds is 9. The number of hydrogen-bond donors (Lipinski definition) is 1. The van der Waals surface area contributed by atoms with Gasteiger partial charge in [0.25, 0.3) is 0 Å². The number of nitrogens with zero attached hydrogens (tertiary/aromatic N) is 1. The molecule has 0 unspecified atom stereocenters. The van der Waals surface area contributed by atoms with Gasteiger partial charge >= 0.3 is 0 Å². The average molecular weight is 264 g/mol. The van der Waals surface area contributed by atoms with Gasteiger partial charge in [-0.05, 0) is 30.5 Å². The molecule has 0 saturated heterocycles. The molecule has 19 heavy (non-hydrogen) atoms. The molecule has 108 valence electrons. The number of ether oxygens (including phenoxy) is 1. The van der Waals surface area contributed by atoms with E-state index in [1.165, 1.54) is 11.1 Å². The van der Waals surface area contributed by atoms with Crippen LogP contribution in [0.25, 0.3) is 0 Å². The molecule has 1 aromatic rings. The predicted octanol–water partition coefficient (Wildman–Crippen LogP) is 2.64. The average Bonchev–Trinajstić information content (AvgIpc) is 2.39. The Labute approximate surface area is 117 Å². The second kappa shape index (κ2) is 9.08. The Kier molecular flexibility index (Phi) is 7.72. The summed E-state index contributed by atoms with van der Waals surface area (Å²) in [6, 6.07) is 8.50. The zero-order valence-corrected chi connectivity index (χ0v) is 12.6. The van der Waals surface area contributed by atoms with E-state index in [9.17, 15) is 0 Å². The molecule has 0 aromatic heterocycles. The minimum absolute atomic E-state index is 0.611. The van der Waals surface area contributed by atoms with Gasteiger partial charge in [-0.25, -0.2) is 0 Å². The molecule has 0 atom stereocenters. The van der Waals surface area contributed by atoms with Gasteiger partial charge in [-0.3, -0.25) is 4.90 Å². The molecule has 0 amide bonds. The lowest BCUT2D eigenvalue weighted by Gasteiger charge is -2.17. The SMILES string of the molecule is CC(C)CCOCCN(C)Cc1ccc(CN)cc1. The molecule has 1 aromatic carbocycles. The molecule has 0 saturated carbocycles. The van der Waals surface area contributed by atoms with Crippen molar-refractivity contribution in [1.82, 2.24) is 4.90 Å². The van der Waals surface area contributed by atoms with Crippen molar-refractivity contribution >= 4 is 0 Å². The van der Waals surface area contributed by atoms with Crippen LogP contribution < -0.4 is 5.73 Å². The van der Waals surface area contributed by atoms with Crippen LogP contribution in [-0.4, -0.2) is 31.7 Å². The van der Waals surface area contributed by atoms with Gasteiger partial charge in [0.1, 0.15) is 0 Å². The molecule has 0 aliphatic heterocycles. The molecular weight excluding hydrogens is 236 g/mol. The van der Waals surface area contributed by atoms with Gasteiger partial charge in [0.2, 0.25) is 0 Å². The summed E-state index contributed by atoms with van der Waals surface area (Å²) < 4.78 is 5.63. The summed E-state index contributed by atoms with van der Waals surface area (Å²) in [6.45, 7) is 8.66. The third-order valence-electron chi connectivity index (χ3n) is 3.17. The zero-order valence-electron chi connectivity index (χ0n) is 12.6. The summed E-state index contributed by atoms with van der Waals surface area (Å²) in [4.78, 5) is 2.28. The summed E-state index contributed by atoms with van der Waals surface area (Å²) in [5.74, 6) is 0.721. The number of hydrogen-bond acceptors (Lipinski definition) is 3. The van der Waals surface area contributed by atoms with Crippen LogP contribution in [0.15, 0.2) is 24.3 Å². The monoisotopic (exact) mass is 264 g/mol. The van der Waals surface area contributed by atoms with Crippen molar-refractivity contribution < 1.29 is 4.74 Å². The van der Waals surface area contributed by atoms with E-state index in [1.807, 2.05) is 0 Å². The van der Waals surface area contributed by atoms with E-state index < -0.39 is 0 Å². The standard InChI is InChI=1S/C16H28N2O/c1-14(2)8-10-19-11-9-18(3)13-16-6-4-15(12-17)5-7-16/h4-7,14H,8-13,17H2,1-3H3. The lowest BCUT2D eigenvalue weighted by Crippen LogP contribution is -2.23. The lowest BCUT2D eigenvalue weighted by atomic mass is 10.1. The molecule has 2 N–H and O–H groups in total. The summed E-state index contributed by atoms with van der Waals surface area (Å²) in [5, 5.41) is 0. The second-order valence-electron chi connectivity index (χ2n) is 5.55. The van der Waals surface area contributed by atoms with E-state index in [-0.39, 0.29) is 0 Å². The summed E-state index contributed by atoms with van der Waals surface area (Å²) >= 11 is 0. The van der Waals surface area contributed by atoms with Crippen LogP contribution in [-0.2, 0) is 17.8 Å². The third kappa shape index (κ3) is 7.31. The van der Waals surface area contributed by atoms with E-state index in [2.05, 4.69) is 50.1 Å². The highest BCUT2D eigenvalue weighted by Crippen LogP contribution is 2.06. The van der Waals surface area contributed by atoms with Crippen molar-refractivity contribution in [2.75, 3.05) is 26.8 Å². The van der Waals surface area contributed by atoms with Gasteiger partial charge < -0.3 is 10.5 Å². The zero-order chi connectivity index (χ0) is 14.1. The molecule has 0 fully saturated rings. The Morgan fingerprint density at radius 2 is 1.74 bits per heavy atom. The van der Waals surface area contributed by atoms with Gasteiger partial charge in [0.05, 0.1) is 6.61 Å². The number of nitrogens with two attached hydrogens (primary N) is 1. The molecular formula is C16H28N2O. The van der Waals surface area contributed by atoms with Crippen molar-refractivity contribution in [1.29, 1.82) is 0 Å². The molecule has 0 heterocycles. The fraction of sp³-hybridized carbons (Fsp3) is 0.625.